The van der Waals surface area contributed by atoms with Crippen molar-refractivity contribution in [3.8, 4) is 0 Å². The van der Waals surface area contributed by atoms with Crippen LogP contribution < -0.4 is 0 Å². The smallest absolute Gasteiger partial charge is 0.234 e. The quantitative estimate of drug-likeness (QED) is 0.736. The van der Waals surface area contributed by atoms with Gasteiger partial charge in [-0.15, -0.1) is 5.10 Å². The molecule has 0 spiro atoms. The van der Waals surface area contributed by atoms with Crippen LogP contribution in [0.1, 0.15) is 11.4 Å². The number of alkyl halides is 3. The lowest BCUT2D eigenvalue weighted by Crippen LogP contribution is -2.10. The van der Waals surface area contributed by atoms with Crippen LogP contribution >= 0.6 is 34.8 Å². The fourth-order valence-electron chi connectivity index (χ4n) is 0.854. The van der Waals surface area contributed by atoms with Crippen molar-refractivity contribution in [1.82, 2.24) is 15.0 Å². The first kappa shape index (κ1) is 10.1. The normalized spacial score (nSPS) is 12.1. The third-order valence-corrected chi connectivity index (χ3v) is 1.85. The number of aliphatic hydroxyl groups is 1. The molecule has 0 saturated heterocycles. The van der Waals surface area contributed by atoms with E-state index in [4.69, 9.17) is 39.9 Å². The van der Waals surface area contributed by atoms with Gasteiger partial charge in [-0.25, -0.2) is 4.68 Å². The maximum Gasteiger partial charge on any atom is 0.234 e. The summed E-state index contributed by atoms with van der Waals surface area (Å²) >= 11 is 16.8. The molecule has 0 fully saturated rings. The summed E-state index contributed by atoms with van der Waals surface area (Å²) in [4.78, 5) is 0. The highest BCUT2D eigenvalue weighted by atomic mass is 35.6. The van der Waals surface area contributed by atoms with Crippen molar-refractivity contribution in [1.29, 1.82) is 0 Å². The van der Waals surface area contributed by atoms with Gasteiger partial charge in [-0.05, 0) is 0 Å². The van der Waals surface area contributed by atoms with Crippen molar-refractivity contribution < 1.29 is 5.11 Å². The van der Waals surface area contributed by atoms with E-state index in [2.05, 4.69) is 10.3 Å². The lowest BCUT2D eigenvalue weighted by atomic mass is 10.3. The average molecular weight is 230 g/mol. The minimum Gasteiger partial charge on any atom is -0.390 e. The molecule has 0 atom stereocenters. The zero-order valence-corrected chi connectivity index (χ0v) is 8.40. The van der Waals surface area contributed by atoms with Gasteiger partial charge < -0.3 is 5.11 Å². The zero-order valence-electron chi connectivity index (χ0n) is 6.13. The summed E-state index contributed by atoms with van der Waals surface area (Å²) in [7, 11) is 1.59. The Kier molecular flexibility index (Phi) is 2.83. The van der Waals surface area contributed by atoms with Crippen LogP contribution in [-0.2, 0) is 17.4 Å². The summed E-state index contributed by atoms with van der Waals surface area (Å²) in [6.45, 7) is -0.295. The van der Waals surface area contributed by atoms with Crippen LogP contribution in [0.2, 0.25) is 0 Å². The lowest BCUT2D eigenvalue weighted by Gasteiger charge is -2.11. The third-order valence-electron chi connectivity index (χ3n) is 1.31. The van der Waals surface area contributed by atoms with E-state index >= 15 is 0 Å². The predicted octanol–water partition coefficient (Wildman–Crippen LogP) is 1.13. The predicted molar refractivity (Wildman–Crippen MR) is 46.2 cm³/mol. The molecular formula is C5H6Cl3N3O. The van der Waals surface area contributed by atoms with Crippen LogP contribution in [0.3, 0.4) is 0 Å². The van der Waals surface area contributed by atoms with E-state index in [1.54, 1.807) is 7.05 Å². The van der Waals surface area contributed by atoms with Gasteiger partial charge in [0.25, 0.3) is 0 Å². The number of hydrogen-bond donors (Lipinski definition) is 1. The molecule has 0 radical (unpaired) electrons. The Morgan fingerprint density at radius 1 is 1.50 bits per heavy atom. The first-order valence-electron chi connectivity index (χ1n) is 3.03. The zero-order chi connectivity index (χ0) is 9.35. The molecule has 0 bridgehead atoms. The van der Waals surface area contributed by atoms with E-state index in [-0.39, 0.29) is 18.0 Å². The van der Waals surface area contributed by atoms with Gasteiger partial charge in [0.15, 0.2) is 0 Å². The minimum absolute atomic E-state index is 0.275. The average Bonchev–Trinajstić information content (AvgIpc) is 2.29. The first-order chi connectivity index (χ1) is 5.46. The Hall–Kier alpha value is -0.0300. The van der Waals surface area contributed by atoms with Crippen molar-refractivity contribution in [2.24, 2.45) is 7.05 Å². The van der Waals surface area contributed by atoms with E-state index < -0.39 is 3.79 Å². The molecule has 0 aliphatic rings. The number of aliphatic hydroxyl groups excluding tert-OH is 1. The molecule has 0 saturated carbocycles. The highest BCUT2D eigenvalue weighted by Crippen LogP contribution is 2.38. The van der Waals surface area contributed by atoms with E-state index in [0.717, 1.165) is 0 Å². The highest BCUT2D eigenvalue weighted by molar-refractivity contribution is 6.66. The Balaban J connectivity index is 3.19. The van der Waals surface area contributed by atoms with Crippen molar-refractivity contribution >= 4 is 34.8 Å². The lowest BCUT2D eigenvalue weighted by molar-refractivity contribution is 0.275. The van der Waals surface area contributed by atoms with Crippen LogP contribution in [0.4, 0.5) is 0 Å². The Morgan fingerprint density at radius 2 is 2.08 bits per heavy atom. The van der Waals surface area contributed by atoms with Crippen LogP contribution in [0, 0.1) is 0 Å². The SMILES string of the molecule is Cn1nnc(CO)c1C(Cl)(Cl)Cl. The molecule has 0 aliphatic carbocycles. The molecule has 0 amide bonds. The first-order valence-corrected chi connectivity index (χ1v) is 4.17. The van der Waals surface area contributed by atoms with Gasteiger partial charge in [-0.1, -0.05) is 40.0 Å². The van der Waals surface area contributed by atoms with Crippen LogP contribution in [0.5, 0.6) is 0 Å². The van der Waals surface area contributed by atoms with Crippen LogP contribution in [-0.4, -0.2) is 20.1 Å². The van der Waals surface area contributed by atoms with E-state index in [1.165, 1.54) is 4.68 Å². The minimum atomic E-state index is -1.60. The summed E-state index contributed by atoms with van der Waals surface area (Å²) in [5.41, 5.74) is 0.563. The second-order valence-electron chi connectivity index (χ2n) is 2.16. The van der Waals surface area contributed by atoms with Gasteiger partial charge in [0.2, 0.25) is 3.79 Å². The van der Waals surface area contributed by atoms with E-state index in [9.17, 15) is 0 Å². The summed E-state index contributed by atoms with van der Waals surface area (Å²) in [6, 6.07) is 0. The molecule has 1 aromatic heterocycles. The van der Waals surface area contributed by atoms with Crippen molar-refractivity contribution in [3.05, 3.63) is 11.4 Å². The Morgan fingerprint density at radius 3 is 2.42 bits per heavy atom. The third kappa shape index (κ3) is 1.82. The van der Waals surface area contributed by atoms with Gasteiger partial charge in [0, 0.05) is 7.05 Å². The van der Waals surface area contributed by atoms with Gasteiger partial charge in [-0.2, -0.15) is 0 Å². The standard InChI is InChI=1S/C5H6Cl3N3O/c1-11-4(5(6,7)8)3(2-12)9-10-11/h12H,2H2,1H3. The number of rotatable bonds is 1. The monoisotopic (exact) mass is 229 g/mol. The van der Waals surface area contributed by atoms with E-state index in [1.807, 2.05) is 0 Å². The van der Waals surface area contributed by atoms with E-state index in [0.29, 0.717) is 0 Å². The molecule has 1 rings (SSSR count). The molecule has 7 heteroatoms. The fraction of sp³-hybridized carbons (Fsp3) is 0.600. The van der Waals surface area contributed by atoms with Gasteiger partial charge >= 0.3 is 0 Å². The highest BCUT2D eigenvalue weighted by Gasteiger charge is 2.30. The summed E-state index contributed by atoms with van der Waals surface area (Å²) < 4.78 is -0.283. The molecular weight excluding hydrogens is 224 g/mol. The maximum absolute atomic E-state index is 8.80. The van der Waals surface area contributed by atoms with Gasteiger partial charge in [0.1, 0.15) is 11.4 Å². The Bertz CT molecular complexity index is 280. The fourth-order valence-corrected chi connectivity index (χ4v) is 1.55. The molecule has 0 unspecified atom stereocenters. The number of halogens is 3. The van der Waals surface area contributed by atoms with Crippen LogP contribution in [0.15, 0.2) is 0 Å². The molecule has 12 heavy (non-hydrogen) atoms. The molecule has 0 aliphatic heterocycles. The number of aryl methyl sites for hydroxylation is 1. The topological polar surface area (TPSA) is 50.9 Å². The molecule has 4 nitrogen and oxygen atoms in total. The summed E-state index contributed by atoms with van der Waals surface area (Å²) in [5, 5.41) is 16.0. The largest absolute Gasteiger partial charge is 0.390 e. The molecule has 0 aromatic carbocycles. The van der Waals surface area contributed by atoms with Gasteiger partial charge in [-0.3, -0.25) is 0 Å². The van der Waals surface area contributed by atoms with Gasteiger partial charge in [0.05, 0.1) is 6.61 Å². The van der Waals surface area contributed by atoms with Crippen molar-refractivity contribution in [2.75, 3.05) is 0 Å². The van der Waals surface area contributed by atoms with Crippen molar-refractivity contribution in [2.45, 2.75) is 10.4 Å². The number of nitrogens with zero attached hydrogens (tertiary/aromatic N) is 3. The molecule has 68 valence electrons. The number of hydrogen-bond acceptors (Lipinski definition) is 3. The van der Waals surface area contributed by atoms with Crippen LogP contribution in [0.25, 0.3) is 0 Å². The Labute approximate surface area is 84.0 Å². The summed E-state index contributed by atoms with van der Waals surface area (Å²) in [6.07, 6.45) is 0. The molecule has 1 aromatic rings. The number of aromatic nitrogens is 3. The summed E-state index contributed by atoms with van der Waals surface area (Å²) in [5.74, 6) is 0. The molecule has 1 N–H and O–H groups in total. The maximum atomic E-state index is 8.80. The van der Waals surface area contributed by atoms with Crippen molar-refractivity contribution in [3.63, 3.8) is 0 Å². The second kappa shape index (κ2) is 3.38. The molecule has 1 heterocycles. The second-order valence-corrected chi connectivity index (χ2v) is 4.45.